The van der Waals surface area contributed by atoms with E-state index in [1.54, 1.807) is 26.0 Å². The molecule has 1 atom stereocenters. The first kappa shape index (κ1) is 26.2. The standard InChI is InChI=1S/C25H24Cl2N4O4S/c1-4-11-36-25-28-23-21(29-30-25)15-9-7-8-10-18(15)31(19(32)5-2)24(35-23)16-12-14(26)13-17(27)22(16)34-20(33)6-3/h7-10,12-13,24H,4-6,11H2,1-3H3/t24-/m1/s1. The monoisotopic (exact) mass is 546 g/mol. The molecular weight excluding hydrogens is 523 g/mol. The van der Waals surface area contributed by atoms with Crippen LogP contribution in [0.15, 0.2) is 41.6 Å². The Balaban J connectivity index is 1.97. The lowest BCUT2D eigenvalue weighted by molar-refractivity contribution is -0.134. The number of carbonyl (C=O) groups excluding carboxylic acids is 2. The fourth-order valence-electron chi connectivity index (χ4n) is 3.67. The molecule has 11 heteroatoms. The molecule has 1 aromatic heterocycles. The van der Waals surface area contributed by atoms with Crippen LogP contribution in [0.3, 0.4) is 0 Å². The van der Waals surface area contributed by atoms with Gasteiger partial charge in [-0.3, -0.25) is 14.5 Å². The van der Waals surface area contributed by atoms with E-state index in [4.69, 9.17) is 32.7 Å². The van der Waals surface area contributed by atoms with Gasteiger partial charge in [0, 0.05) is 29.2 Å². The van der Waals surface area contributed by atoms with Crippen molar-refractivity contribution in [3.8, 4) is 22.9 Å². The summed E-state index contributed by atoms with van der Waals surface area (Å²) in [6.45, 7) is 5.48. The van der Waals surface area contributed by atoms with Gasteiger partial charge >= 0.3 is 5.97 Å². The number of aromatic nitrogens is 3. The molecule has 0 saturated heterocycles. The lowest BCUT2D eigenvalue weighted by atomic mass is 10.1. The quantitative estimate of drug-likeness (QED) is 0.188. The van der Waals surface area contributed by atoms with Crippen molar-refractivity contribution >= 4 is 52.5 Å². The van der Waals surface area contributed by atoms with Gasteiger partial charge in [0.05, 0.1) is 16.3 Å². The van der Waals surface area contributed by atoms with Crippen LogP contribution in [0.1, 0.15) is 51.8 Å². The Kier molecular flexibility index (Phi) is 8.33. The van der Waals surface area contributed by atoms with Gasteiger partial charge < -0.3 is 9.47 Å². The van der Waals surface area contributed by atoms with Gasteiger partial charge in [0.1, 0.15) is 0 Å². The van der Waals surface area contributed by atoms with E-state index in [1.165, 1.54) is 22.7 Å². The Morgan fingerprint density at radius 2 is 1.89 bits per heavy atom. The lowest BCUT2D eigenvalue weighted by Crippen LogP contribution is -2.37. The van der Waals surface area contributed by atoms with E-state index in [-0.39, 0.29) is 40.4 Å². The fourth-order valence-corrected chi connectivity index (χ4v) is 4.85. The number of para-hydroxylation sites is 1. The number of thioether (sulfide) groups is 1. The first-order valence-electron chi connectivity index (χ1n) is 11.5. The molecule has 3 aromatic rings. The van der Waals surface area contributed by atoms with Gasteiger partial charge in [0.2, 0.25) is 23.2 Å². The summed E-state index contributed by atoms with van der Waals surface area (Å²) in [5, 5.41) is 9.52. The number of hydrogen-bond acceptors (Lipinski definition) is 8. The highest BCUT2D eigenvalue weighted by molar-refractivity contribution is 7.99. The predicted octanol–water partition coefficient (Wildman–Crippen LogP) is 6.50. The number of anilines is 1. The third-order valence-electron chi connectivity index (χ3n) is 5.33. The Hall–Kier alpha value is -2.88. The van der Waals surface area contributed by atoms with Crippen LogP contribution in [0.2, 0.25) is 10.0 Å². The molecule has 0 N–H and O–H groups in total. The molecule has 1 amide bonds. The minimum absolute atomic E-state index is 0.0651. The van der Waals surface area contributed by atoms with Crippen LogP contribution in [-0.2, 0) is 9.59 Å². The second kappa shape index (κ2) is 11.5. The van der Waals surface area contributed by atoms with Crippen LogP contribution in [0.25, 0.3) is 11.3 Å². The molecule has 1 aliphatic heterocycles. The van der Waals surface area contributed by atoms with Crippen molar-refractivity contribution in [2.75, 3.05) is 10.7 Å². The van der Waals surface area contributed by atoms with Crippen molar-refractivity contribution in [3.05, 3.63) is 52.0 Å². The first-order valence-corrected chi connectivity index (χ1v) is 13.3. The lowest BCUT2D eigenvalue weighted by Gasteiger charge is -2.31. The Morgan fingerprint density at radius 1 is 1.11 bits per heavy atom. The van der Waals surface area contributed by atoms with Gasteiger partial charge in [0.15, 0.2) is 11.4 Å². The summed E-state index contributed by atoms with van der Waals surface area (Å²) in [5.74, 6) is 0.330. The summed E-state index contributed by atoms with van der Waals surface area (Å²) >= 11 is 14.3. The van der Waals surface area contributed by atoms with E-state index < -0.39 is 12.2 Å². The number of fused-ring (bicyclic) bond motifs is 3. The van der Waals surface area contributed by atoms with Crippen LogP contribution in [0.5, 0.6) is 11.6 Å². The molecule has 0 aliphatic carbocycles. The van der Waals surface area contributed by atoms with Crippen LogP contribution in [-0.4, -0.2) is 32.8 Å². The van der Waals surface area contributed by atoms with Gasteiger partial charge in [-0.2, -0.15) is 4.98 Å². The highest BCUT2D eigenvalue weighted by atomic mass is 35.5. The summed E-state index contributed by atoms with van der Waals surface area (Å²) < 4.78 is 12.0. The van der Waals surface area contributed by atoms with Gasteiger partial charge in [0.25, 0.3) is 0 Å². The smallest absolute Gasteiger partial charge is 0.310 e. The number of nitrogens with zero attached hydrogens (tertiary/aromatic N) is 4. The van der Waals surface area contributed by atoms with Gasteiger partial charge in [-0.25, -0.2) is 0 Å². The van der Waals surface area contributed by atoms with Crippen LogP contribution in [0.4, 0.5) is 5.69 Å². The molecule has 4 rings (SSSR count). The van der Waals surface area contributed by atoms with Crippen molar-refractivity contribution in [3.63, 3.8) is 0 Å². The number of hydrogen-bond donors (Lipinski definition) is 0. The summed E-state index contributed by atoms with van der Waals surface area (Å²) in [5.41, 5.74) is 1.87. The van der Waals surface area contributed by atoms with Gasteiger partial charge in [-0.1, -0.05) is 73.9 Å². The Labute approximate surface area is 223 Å². The average molecular weight is 547 g/mol. The van der Waals surface area contributed by atoms with Gasteiger partial charge in [-0.05, 0) is 24.6 Å². The maximum absolute atomic E-state index is 13.4. The zero-order chi connectivity index (χ0) is 25.8. The highest BCUT2D eigenvalue weighted by Gasteiger charge is 2.38. The van der Waals surface area contributed by atoms with Crippen molar-refractivity contribution in [1.29, 1.82) is 0 Å². The van der Waals surface area contributed by atoms with E-state index in [2.05, 4.69) is 22.1 Å². The maximum Gasteiger partial charge on any atom is 0.310 e. The molecule has 0 radical (unpaired) electrons. The molecule has 1 aliphatic rings. The normalized spacial score (nSPS) is 14.4. The van der Waals surface area contributed by atoms with Crippen molar-refractivity contribution in [2.45, 2.75) is 51.4 Å². The third kappa shape index (κ3) is 5.28. The number of esters is 1. The Morgan fingerprint density at radius 3 is 2.61 bits per heavy atom. The van der Waals surface area contributed by atoms with Crippen molar-refractivity contribution in [2.24, 2.45) is 0 Å². The molecule has 0 fully saturated rings. The summed E-state index contributed by atoms with van der Waals surface area (Å²) in [7, 11) is 0. The molecule has 0 spiro atoms. The number of carbonyl (C=O) groups is 2. The molecule has 0 bridgehead atoms. The van der Waals surface area contributed by atoms with E-state index in [1.807, 2.05) is 18.2 Å². The number of halogens is 2. The van der Waals surface area contributed by atoms with E-state index in [0.29, 0.717) is 27.7 Å². The fraction of sp³-hybridized carbons (Fsp3) is 0.320. The first-order chi connectivity index (χ1) is 17.4. The van der Waals surface area contributed by atoms with Crippen molar-refractivity contribution in [1.82, 2.24) is 15.2 Å². The zero-order valence-electron chi connectivity index (χ0n) is 20.0. The number of amides is 1. The van der Waals surface area contributed by atoms with E-state index in [0.717, 1.165) is 12.2 Å². The molecule has 2 aromatic carbocycles. The number of ether oxygens (including phenoxy) is 2. The van der Waals surface area contributed by atoms with E-state index in [9.17, 15) is 9.59 Å². The third-order valence-corrected chi connectivity index (χ3v) is 6.87. The SMILES string of the molecule is CCCSc1nnc2c(n1)O[C@H](c1cc(Cl)cc(Cl)c1OC(=O)CC)N(C(=O)CC)c1ccccc1-2. The van der Waals surface area contributed by atoms with Crippen LogP contribution in [0, 0.1) is 0 Å². The van der Waals surface area contributed by atoms with Crippen LogP contribution < -0.4 is 14.4 Å². The molecule has 0 unspecified atom stereocenters. The molecule has 2 heterocycles. The second-order valence-corrected chi connectivity index (χ2v) is 9.74. The Bertz CT molecular complexity index is 1310. The number of benzene rings is 2. The highest BCUT2D eigenvalue weighted by Crippen LogP contribution is 2.47. The molecule has 8 nitrogen and oxygen atoms in total. The molecule has 36 heavy (non-hydrogen) atoms. The minimum atomic E-state index is -1.10. The second-order valence-electron chi connectivity index (χ2n) is 7.83. The topological polar surface area (TPSA) is 94.5 Å². The number of rotatable bonds is 7. The van der Waals surface area contributed by atoms with Gasteiger partial charge in [-0.15, -0.1) is 10.2 Å². The van der Waals surface area contributed by atoms with E-state index >= 15 is 0 Å². The largest absolute Gasteiger partial charge is 0.447 e. The zero-order valence-corrected chi connectivity index (χ0v) is 22.3. The summed E-state index contributed by atoms with van der Waals surface area (Å²) in [6.07, 6.45) is 0.141. The van der Waals surface area contributed by atoms with Crippen molar-refractivity contribution < 1.29 is 19.1 Å². The molecular formula is C25H24Cl2N4O4S. The minimum Gasteiger partial charge on any atom is -0.447 e. The maximum atomic E-state index is 13.4. The summed E-state index contributed by atoms with van der Waals surface area (Å²) in [4.78, 5) is 31.8. The predicted molar refractivity (Wildman–Crippen MR) is 140 cm³/mol. The average Bonchev–Trinajstić information content (AvgIpc) is 3.02. The van der Waals surface area contributed by atoms with Crippen LogP contribution >= 0.6 is 35.0 Å². The summed E-state index contributed by atoms with van der Waals surface area (Å²) in [6, 6.07) is 10.3. The molecule has 188 valence electrons. The molecule has 0 saturated carbocycles.